The summed E-state index contributed by atoms with van der Waals surface area (Å²) in [6.45, 7) is 5.84. The van der Waals surface area contributed by atoms with E-state index in [0.29, 0.717) is 12.8 Å². The summed E-state index contributed by atoms with van der Waals surface area (Å²) in [5, 5.41) is 0. The van der Waals surface area contributed by atoms with Gasteiger partial charge in [-0.25, -0.2) is 0 Å². The first-order valence-corrected chi connectivity index (χ1v) is 5.81. The molecule has 0 spiro atoms. The first kappa shape index (κ1) is 12.9. The molecule has 1 aliphatic rings. The molecule has 0 aromatic carbocycles. The van der Waals surface area contributed by atoms with E-state index < -0.39 is 0 Å². The van der Waals surface area contributed by atoms with Gasteiger partial charge in [-0.05, 0) is 0 Å². The second kappa shape index (κ2) is 6.44. The summed E-state index contributed by atoms with van der Waals surface area (Å²) in [7, 11) is 0. The van der Waals surface area contributed by atoms with Crippen molar-refractivity contribution in [2.75, 3.05) is 39.3 Å². The van der Waals surface area contributed by atoms with E-state index in [1.165, 1.54) is 9.80 Å². The van der Waals surface area contributed by atoms with Crippen LogP contribution in [0.15, 0.2) is 0 Å². The van der Waals surface area contributed by atoms with Gasteiger partial charge in [-0.3, -0.25) is 9.59 Å². The number of carbonyl (C=O) groups excluding carboxylic acids is 2. The molecular weight excluding hydrogens is 208 g/mol. The maximum absolute atomic E-state index is 10.6. The molecule has 1 heterocycles. The van der Waals surface area contributed by atoms with Gasteiger partial charge in [-0.2, -0.15) is 0 Å². The number of nitrogens with one attached hydrogen (secondary N) is 2. The van der Waals surface area contributed by atoms with Crippen LogP contribution >= 0.6 is 0 Å². The van der Waals surface area contributed by atoms with Crippen LogP contribution in [-0.2, 0) is 9.59 Å². The average molecular weight is 230 g/mol. The van der Waals surface area contributed by atoms with Crippen molar-refractivity contribution in [3.8, 4) is 0 Å². The molecule has 2 amide bonds. The molecule has 0 radical (unpaired) electrons. The third kappa shape index (κ3) is 5.09. The van der Waals surface area contributed by atoms with Crippen LogP contribution in [0.4, 0.5) is 0 Å². The summed E-state index contributed by atoms with van der Waals surface area (Å²) in [5.41, 5.74) is 10.2. The fraction of sp³-hybridized carbons (Fsp3) is 0.800. The highest BCUT2D eigenvalue weighted by Gasteiger charge is 2.22. The normalized spacial score (nSPS) is 25.2. The molecule has 1 aliphatic heterocycles. The summed E-state index contributed by atoms with van der Waals surface area (Å²) < 4.78 is 0. The molecule has 0 aromatic rings. The molecule has 92 valence electrons. The van der Waals surface area contributed by atoms with Crippen LogP contribution < -0.4 is 21.3 Å². The van der Waals surface area contributed by atoms with Gasteiger partial charge in [0.2, 0.25) is 11.8 Å². The van der Waals surface area contributed by atoms with Crippen molar-refractivity contribution in [3.05, 3.63) is 0 Å². The highest BCUT2D eigenvalue weighted by molar-refractivity contribution is 5.74. The fourth-order valence-electron chi connectivity index (χ4n) is 2.06. The molecule has 1 fully saturated rings. The number of rotatable bonds is 6. The second-order valence-electron chi connectivity index (χ2n) is 4.43. The Labute approximate surface area is 95.5 Å². The third-order valence-electron chi connectivity index (χ3n) is 3.11. The summed E-state index contributed by atoms with van der Waals surface area (Å²) in [6.07, 6.45) is 0.928. The standard InChI is InChI=1S/C10H20N4O2/c11-9(15)1-3-13-5-7-14(8-6-13)4-2-10(12)16/h1-8H2,(H2,11,15)(H2,12,16)/p+2. The lowest BCUT2D eigenvalue weighted by molar-refractivity contribution is -1.01. The molecule has 0 atom stereocenters. The lowest BCUT2D eigenvalue weighted by Crippen LogP contribution is -3.28. The van der Waals surface area contributed by atoms with E-state index in [-0.39, 0.29) is 11.8 Å². The quantitative estimate of drug-likeness (QED) is 0.370. The van der Waals surface area contributed by atoms with Crippen molar-refractivity contribution in [2.24, 2.45) is 11.5 Å². The number of amides is 2. The number of hydrogen-bond donors (Lipinski definition) is 4. The molecule has 0 unspecified atom stereocenters. The summed E-state index contributed by atoms with van der Waals surface area (Å²) in [4.78, 5) is 24.1. The van der Waals surface area contributed by atoms with Gasteiger partial charge < -0.3 is 21.3 Å². The Hall–Kier alpha value is -1.14. The zero-order valence-corrected chi connectivity index (χ0v) is 9.63. The van der Waals surface area contributed by atoms with Gasteiger partial charge in [-0.15, -0.1) is 0 Å². The Morgan fingerprint density at radius 1 is 0.812 bits per heavy atom. The molecule has 1 rings (SSSR count). The Morgan fingerprint density at radius 3 is 1.38 bits per heavy atom. The van der Waals surface area contributed by atoms with Crippen molar-refractivity contribution >= 4 is 11.8 Å². The minimum atomic E-state index is -0.226. The van der Waals surface area contributed by atoms with Crippen LogP contribution in [0.1, 0.15) is 12.8 Å². The lowest BCUT2D eigenvalue weighted by Gasteiger charge is -2.29. The third-order valence-corrected chi connectivity index (χ3v) is 3.11. The fourth-order valence-corrected chi connectivity index (χ4v) is 2.06. The predicted octanol–water partition coefficient (Wildman–Crippen LogP) is -4.48. The van der Waals surface area contributed by atoms with Crippen molar-refractivity contribution in [3.63, 3.8) is 0 Å². The number of hydrogen-bond acceptors (Lipinski definition) is 2. The second-order valence-corrected chi connectivity index (χ2v) is 4.43. The zero-order chi connectivity index (χ0) is 12.0. The molecule has 0 aliphatic carbocycles. The van der Waals surface area contributed by atoms with Gasteiger partial charge in [-0.1, -0.05) is 0 Å². The van der Waals surface area contributed by atoms with Gasteiger partial charge in [0.15, 0.2) is 0 Å². The SMILES string of the molecule is NC(=O)CC[NH+]1CC[NH+](CCC(N)=O)CC1. The van der Waals surface area contributed by atoms with E-state index in [9.17, 15) is 9.59 Å². The molecular formula is C10H22N4O2+2. The average Bonchev–Trinajstić information content (AvgIpc) is 2.25. The van der Waals surface area contributed by atoms with Gasteiger partial charge in [0.25, 0.3) is 0 Å². The van der Waals surface area contributed by atoms with Gasteiger partial charge >= 0.3 is 0 Å². The number of primary amides is 2. The summed E-state index contributed by atoms with van der Waals surface area (Å²) in [5.74, 6) is -0.452. The Morgan fingerprint density at radius 2 is 1.12 bits per heavy atom. The molecule has 6 heteroatoms. The topological polar surface area (TPSA) is 95.1 Å². The highest BCUT2D eigenvalue weighted by atomic mass is 16.1. The maximum atomic E-state index is 10.6. The number of nitrogens with two attached hydrogens (primary N) is 2. The Bertz CT molecular complexity index is 223. The first-order valence-electron chi connectivity index (χ1n) is 5.81. The van der Waals surface area contributed by atoms with Crippen molar-refractivity contribution in [1.82, 2.24) is 0 Å². The van der Waals surface area contributed by atoms with Gasteiger partial charge in [0, 0.05) is 0 Å². The molecule has 6 nitrogen and oxygen atoms in total. The summed E-state index contributed by atoms with van der Waals surface area (Å²) >= 11 is 0. The maximum Gasteiger partial charge on any atom is 0.223 e. The molecule has 0 saturated carbocycles. The van der Waals surface area contributed by atoms with Crippen LogP contribution in [0, 0.1) is 0 Å². The van der Waals surface area contributed by atoms with E-state index in [2.05, 4.69) is 0 Å². The number of quaternary nitrogens is 2. The highest BCUT2D eigenvalue weighted by Crippen LogP contribution is 1.72. The predicted molar refractivity (Wildman–Crippen MR) is 58.8 cm³/mol. The van der Waals surface area contributed by atoms with Gasteiger partial charge in [0.1, 0.15) is 26.2 Å². The van der Waals surface area contributed by atoms with Crippen molar-refractivity contribution in [1.29, 1.82) is 0 Å². The zero-order valence-electron chi connectivity index (χ0n) is 9.63. The van der Waals surface area contributed by atoms with E-state index in [0.717, 1.165) is 39.3 Å². The van der Waals surface area contributed by atoms with Crippen LogP contribution in [0.25, 0.3) is 0 Å². The monoisotopic (exact) mass is 230 g/mol. The minimum absolute atomic E-state index is 0.226. The Kier molecular flexibility index (Phi) is 5.21. The molecule has 6 N–H and O–H groups in total. The molecule has 1 saturated heterocycles. The largest absolute Gasteiger partial charge is 0.369 e. The molecule has 16 heavy (non-hydrogen) atoms. The summed E-state index contributed by atoms with van der Waals surface area (Å²) in [6, 6.07) is 0. The number of piperazine rings is 1. The van der Waals surface area contributed by atoms with E-state index in [4.69, 9.17) is 11.5 Å². The van der Waals surface area contributed by atoms with E-state index in [1.54, 1.807) is 0 Å². The minimum Gasteiger partial charge on any atom is -0.369 e. The van der Waals surface area contributed by atoms with Gasteiger partial charge in [0.05, 0.1) is 25.9 Å². The van der Waals surface area contributed by atoms with Crippen LogP contribution in [0.3, 0.4) is 0 Å². The smallest absolute Gasteiger partial charge is 0.223 e. The van der Waals surface area contributed by atoms with E-state index in [1.807, 2.05) is 0 Å². The Balaban J connectivity index is 2.13. The van der Waals surface area contributed by atoms with Crippen LogP contribution in [-0.4, -0.2) is 51.1 Å². The molecule has 0 bridgehead atoms. The van der Waals surface area contributed by atoms with Crippen LogP contribution in [0.2, 0.25) is 0 Å². The van der Waals surface area contributed by atoms with E-state index >= 15 is 0 Å². The lowest BCUT2D eigenvalue weighted by atomic mass is 10.2. The van der Waals surface area contributed by atoms with Crippen molar-refractivity contribution < 1.29 is 19.4 Å². The van der Waals surface area contributed by atoms with Crippen molar-refractivity contribution in [2.45, 2.75) is 12.8 Å². The molecule has 0 aromatic heterocycles. The first-order chi connectivity index (χ1) is 7.58. The number of carbonyl (C=O) groups is 2. The van der Waals surface area contributed by atoms with Crippen LogP contribution in [0.5, 0.6) is 0 Å².